The van der Waals surface area contributed by atoms with Crippen molar-refractivity contribution in [3.05, 3.63) is 69.3 Å². The van der Waals surface area contributed by atoms with Crippen molar-refractivity contribution >= 4 is 11.6 Å². The second kappa shape index (κ2) is 8.28. The predicted molar refractivity (Wildman–Crippen MR) is 95.6 cm³/mol. The van der Waals surface area contributed by atoms with Crippen LogP contribution in [0.5, 0.6) is 5.75 Å². The lowest BCUT2D eigenvalue weighted by Crippen LogP contribution is -2.31. The summed E-state index contributed by atoms with van der Waals surface area (Å²) in [7, 11) is 1.68. The van der Waals surface area contributed by atoms with Crippen LogP contribution in [-0.4, -0.2) is 29.4 Å². The number of amides is 1. The molecule has 132 valence electrons. The third-order valence-corrected chi connectivity index (χ3v) is 3.94. The standard InChI is InChI=1S/C19H22N2O4/c1-4-15-6-8-16(9-7-15)12-20(3)19(22)13-25-18-10-5-14(2)11-17(18)21(23)24/h5-11H,4,12-13H2,1-3H3. The second-order valence-corrected chi connectivity index (χ2v) is 5.94. The molecule has 6 nitrogen and oxygen atoms in total. The highest BCUT2D eigenvalue weighted by atomic mass is 16.6. The van der Waals surface area contributed by atoms with E-state index < -0.39 is 4.92 Å². The number of nitro groups is 1. The van der Waals surface area contributed by atoms with Gasteiger partial charge in [0, 0.05) is 19.7 Å². The summed E-state index contributed by atoms with van der Waals surface area (Å²) in [6, 6.07) is 12.7. The average Bonchev–Trinajstić information content (AvgIpc) is 2.60. The Labute approximate surface area is 147 Å². The number of nitro benzene ring substituents is 1. The van der Waals surface area contributed by atoms with Crippen LogP contribution in [0.4, 0.5) is 5.69 Å². The van der Waals surface area contributed by atoms with E-state index in [0.29, 0.717) is 6.54 Å². The third-order valence-electron chi connectivity index (χ3n) is 3.94. The molecule has 0 bridgehead atoms. The van der Waals surface area contributed by atoms with Crippen LogP contribution in [0.2, 0.25) is 0 Å². The van der Waals surface area contributed by atoms with Crippen LogP contribution in [-0.2, 0) is 17.8 Å². The van der Waals surface area contributed by atoms with E-state index in [1.807, 2.05) is 24.3 Å². The normalized spacial score (nSPS) is 10.4. The maximum atomic E-state index is 12.2. The number of ether oxygens (including phenoxy) is 1. The fraction of sp³-hybridized carbons (Fsp3) is 0.316. The van der Waals surface area contributed by atoms with Crippen LogP contribution in [0.15, 0.2) is 42.5 Å². The zero-order chi connectivity index (χ0) is 18.4. The molecule has 0 aliphatic carbocycles. The molecule has 0 heterocycles. The van der Waals surface area contributed by atoms with Crippen molar-refractivity contribution in [2.75, 3.05) is 13.7 Å². The van der Waals surface area contributed by atoms with Gasteiger partial charge in [-0.15, -0.1) is 0 Å². The Morgan fingerprint density at radius 3 is 2.40 bits per heavy atom. The van der Waals surface area contributed by atoms with Crippen LogP contribution in [0.25, 0.3) is 0 Å². The smallest absolute Gasteiger partial charge is 0.311 e. The van der Waals surface area contributed by atoms with Gasteiger partial charge in [0.15, 0.2) is 12.4 Å². The Morgan fingerprint density at radius 1 is 1.16 bits per heavy atom. The Morgan fingerprint density at radius 2 is 1.80 bits per heavy atom. The van der Waals surface area contributed by atoms with E-state index in [1.54, 1.807) is 24.9 Å². The van der Waals surface area contributed by atoms with E-state index in [2.05, 4.69) is 6.92 Å². The van der Waals surface area contributed by atoms with Gasteiger partial charge in [-0.3, -0.25) is 14.9 Å². The molecule has 0 N–H and O–H groups in total. The van der Waals surface area contributed by atoms with Gasteiger partial charge in [-0.25, -0.2) is 0 Å². The van der Waals surface area contributed by atoms with Gasteiger partial charge >= 0.3 is 5.69 Å². The molecule has 0 fully saturated rings. The minimum atomic E-state index is -0.508. The molecule has 0 aliphatic heterocycles. The number of carbonyl (C=O) groups excluding carboxylic acids is 1. The SMILES string of the molecule is CCc1ccc(CN(C)C(=O)COc2ccc(C)cc2[N+](=O)[O-])cc1. The van der Waals surface area contributed by atoms with Crippen LogP contribution in [0.3, 0.4) is 0 Å². The van der Waals surface area contributed by atoms with Crippen LogP contribution >= 0.6 is 0 Å². The summed E-state index contributed by atoms with van der Waals surface area (Å²) in [6.07, 6.45) is 0.970. The highest BCUT2D eigenvalue weighted by Crippen LogP contribution is 2.27. The summed E-state index contributed by atoms with van der Waals surface area (Å²) in [5, 5.41) is 11.1. The lowest BCUT2D eigenvalue weighted by atomic mass is 10.1. The summed E-state index contributed by atoms with van der Waals surface area (Å²) in [6.45, 7) is 4.07. The van der Waals surface area contributed by atoms with Crippen molar-refractivity contribution in [2.24, 2.45) is 0 Å². The zero-order valence-electron chi connectivity index (χ0n) is 14.7. The number of carbonyl (C=O) groups is 1. The maximum absolute atomic E-state index is 12.2. The molecule has 0 unspecified atom stereocenters. The molecule has 0 spiro atoms. The zero-order valence-corrected chi connectivity index (χ0v) is 14.7. The van der Waals surface area contributed by atoms with Crippen molar-refractivity contribution in [1.82, 2.24) is 4.90 Å². The number of nitrogens with zero attached hydrogens (tertiary/aromatic N) is 2. The summed E-state index contributed by atoms with van der Waals surface area (Å²) in [5.41, 5.74) is 2.89. The van der Waals surface area contributed by atoms with E-state index in [1.165, 1.54) is 17.7 Å². The lowest BCUT2D eigenvalue weighted by molar-refractivity contribution is -0.385. The van der Waals surface area contributed by atoms with Crippen LogP contribution in [0, 0.1) is 17.0 Å². The Kier molecular flexibility index (Phi) is 6.11. The van der Waals surface area contributed by atoms with Crippen molar-refractivity contribution in [3.8, 4) is 5.75 Å². The third kappa shape index (κ3) is 5.04. The van der Waals surface area contributed by atoms with Crippen molar-refractivity contribution < 1.29 is 14.5 Å². The van der Waals surface area contributed by atoms with Gasteiger partial charge in [0.25, 0.3) is 5.91 Å². The molecule has 0 saturated heterocycles. The molecule has 0 aliphatic rings. The summed E-state index contributed by atoms with van der Waals surface area (Å²) in [5.74, 6) is -0.140. The summed E-state index contributed by atoms with van der Waals surface area (Å²) < 4.78 is 5.38. The minimum Gasteiger partial charge on any atom is -0.477 e. The maximum Gasteiger partial charge on any atom is 0.311 e. The van der Waals surface area contributed by atoms with E-state index in [0.717, 1.165) is 17.5 Å². The van der Waals surface area contributed by atoms with Gasteiger partial charge in [-0.2, -0.15) is 0 Å². The lowest BCUT2D eigenvalue weighted by Gasteiger charge is -2.18. The Bertz CT molecular complexity index is 757. The molecular formula is C19H22N2O4. The molecule has 0 radical (unpaired) electrons. The molecule has 25 heavy (non-hydrogen) atoms. The van der Waals surface area contributed by atoms with E-state index in [9.17, 15) is 14.9 Å². The van der Waals surface area contributed by atoms with E-state index >= 15 is 0 Å². The van der Waals surface area contributed by atoms with Crippen molar-refractivity contribution in [1.29, 1.82) is 0 Å². The Hall–Kier alpha value is -2.89. The molecule has 0 atom stereocenters. The van der Waals surface area contributed by atoms with Crippen molar-refractivity contribution in [3.63, 3.8) is 0 Å². The van der Waals surface area contributed by atoms with Gasteiger partial charge in [-0.1, -0.05) is 37.3 Å². The Balaban J connectivity index is 1.96. The first-order valence-corrected chi connectivity index (χ1v) is 8.10. The van der Waals surface area contributed by atoms with Crippen molar-refractivity contribution in [2.45, 2.75) is 26.8 Å². The van der Waals surface area contributed by atoms with Gasteiger partial charge in [0.2, 0.25) is 0 Å². The molecule has 2 aromatic carbocycles. The molecular weight excluding hydrogens is 320 g/mol. The molecule has 2 rings (SSSR count). The largest absolute Gasteiger partial charge is 0.477 e. The van der Waals surface area contributed by atoms with E-state index in [-0.39, 0.29) is 24.0 Å². The molecule has 2 aromatic rings. The topological polar surface area (TPSA) is 72.7 Å². The number of likely N-dealkylation sites (N-methyl/N-ethyl adjacent to an activating group) is 1. The number of hydrogen-bond acceptors (Lipinski definition) is 4. The fourth-order valence-electron chi connectivity index (χ4n) is 2.38. The minimum absolute atomic E-state index is 0.102. The van der Waals surface area contributed by atoms with Crippen LogP contribution in [0.1, 0.15) is 23.6 Å². The number of aryl methyl sites for hydroxylation is 2. The first-order valence-electron chi connectivity index (χ1n) is 8.10. The van der Waals surface area contributed by atoms with Gasteiger partial charge in [-0.05, 0) is 36.1 Å². The number of benzene rings is 2. The molecule has 0 aromatic heterocycles. The van der Waals surface area contributed by atoms with Gasteiger partial charge < -0.3 is 9.64 Å². The van der Waals surface area contributed by atoms with E-state index in [4.69, 9.17) is 4.74 Å². The van der Waals surface area contributed by atoms with Gasteiger partial charge in [0.05, 0.1) is 4.92 Å². The predicted octanol–water partition coefficient (Wildman–Crippen LogP) is 3.50. The average molecular weight is 342 g/mol. The first kappa shape index (κ1) is 18.4. The monoisotopic (exact) mass is 342 g/mol. The molecule has 0 saturated carbocycles. The molecule has 1 amide bonds. The second-order valence-electron chi connectivity index (χ2n) is 5.94. The first-order chi connectivity index (χ1) is 11.9. The summed E-state index contributed by atoms with van der Waals surface area (Å²) in [4.78, 5) is 24.3. The quantitative estimate of drug-likeness (QED) is 0.570. The highest BCUT2D eigenvalue weighted by molar-refractivity contribution is 5.77. The van der Waals surface area contributed by atoms with Gasteiger partial charge in [0.1, 0.15) is 0 Å². The number of rotatable bonds is 7. The van der Waals surface area contributed by atoms with Crippen LogP contribution < -0.4 is 4.74 Å². The molecule has 6 heteroatoms. The number of hydrogen-bond donors (Lipinski definition) is 0. The highest BCUT2D eigenvalue weighted by Gasteiger charge is 2.17. The summed E-state index contributed by atoms with van der Waals surface area (Å²) >= 11 is 0. The fourth-order valence-corrected chi connectivity index (χ4v) is 2.38.